The molecular formula is C27H24Cl2O3Ti. The summed E-state index contributed by atoms with van der Waals surface area (Å²) >= 11 is -2.67. The number of furan rings is 1. The van der Waals surface area contributed by atoms with Crippen LogP contribution in [0.15, 0.2) is 95.4 Å². The van der Waals surface area contributed by atoms with Crippen LogP contribution in [0.1, 0.15) is 17.1 Å². The van der Waals surface area contributed by atoms with Gasteiger partial charge in [-0.05, 0) is 0 Å². The molecule has 0 spiro atoms. The predicted molar refractivity (Wildman–Crippen MR) is 137 cm³/mol. The van der Waals surface area contributed by atoms with E-state index in [0.29, 0.717) is 0 Å². The molecule has 0 bridgehead atoms. The average molecular weight is 515 g/mol. The van der Waals surface area contributed by atoms with Gasteiger partial charge in [0.2, 0.25) is 0 Å². The normalized spacial score (nSPS) is 10.2. The van der Waals surface area contributed by atoms with Crippen molar-refractivity contribution >= 4 is 50.7 Å². The zero-order valence-corrected chi connectivity index (χ0v) is 21.5. The fraction of sp³-hybridized carbons (Fsp3) is 0.0741. The van der Waals surface area contributed by atoms with E-state index in [1.165, 1.54) is 0 Å². The van der Waals surface area contributed by atoms with Gasteiger partial charge in [0.25, 0.3) is 0 Å². The van der Waals surface area contributed by atoms with Gasteiger partial charge in [0.05, 0.1) is 0 Å². The summed E-state index contributed by atoms with van der Waals surface area (Å²) in [4.78, 5) is 0. The Kier molecular flexibility index (Phi) is 8.39. The third-order valence-corrected chi connectivity index (χ3v) is 7.44. The summed E-state index contributed by atoms with van der Waals surface area (Å²) in [5.41, 5.74) is 1.04. The van der Waals surface area contributed by atoms with E-state index in [2.05, 4.69) is 40.7 Å². The van der Waals surface area contributed by atoms with Crippen LogP contribution in [-0.2, 0) is 18.2 Å². The van der Waals surface area contributed by atoms with Gasteiger partial charge in [0.1, 0.15) is 0 Å². The molecule has 0 fully saturated rings. The van der Waals surface area contributed by atoms with Gasteiger partial charge >= 0.3 is 189 Å². The summed E-state index contributed by atoms with van der Waals surface area (Å²) in [5, 5.41) is 4.48. The molecule has 33 heavy (non-hydrogen) atoms. The molecule has 0 atom stereocenters. The molecule has 3 nitrogen and oxygen atoms in total. The van der Waals surface area contributed by atoms with E-state index < -0.39 is 18.2 Å². The van der Waals surface area contributed by atoms with Crippen LogP contribution in [-0.4, -0.2) is 4.31 Å². The Morgan fingerprint density at radius 2 is 1.15 bits per heavy atom. The first-order valence-corrected chi connectivity index (χ1v) is 12.4. The summed E-state index contributed by atoms with van der Waals surface area (Å²) in [6.07, 6.45) is 0. The molecule has 1 heterocycles. The SMILES string of the molecule is Cc1cc([CH]=[Ti]([O]c2cccc3ccccc23)[O]c2cccc3ccccc23)c(C)o1.Cl.Cl. The van der Waals surface area contributed by atoms with Crippen LogP contribution in [0.25, 0.3) is 21.5 Å². The van der Waals surface area contributed by atoms with Crippen molar-refractivity contribution in [3.05, 3.63) is 108 Å². The van der Waals surface area contributed by atoms with Crippen LogP contribution in [0, 0.1) is 13.8 Å². The van der Waals surface area contributed by atoms with Gasteiger partial charge in [-0.15, -0.1) is 24.8 Å². The zero-order valence-electron chi connectivity index (χ0n) is 18.3. The summed E-state index contributed by atoms with van der Waals surface area (Å²) in [6.45, 7) is 3.94. The molecule has 0 aliphatic rings. The number of halogens is 2. The minimum Gasteiger partial charge on any atom is -0.147 e. The second-order valence-electron chi connectivity index (χ2n) is 7.49. The van der Waals surface area contributed by atoms with Crippen LogP contribution in [0.5, 0.6) is 11.5 Å². The standard InChI is InChI=1S/2C10H8O.C7H8O.2ClH.Ti/c2*11-10-7-3-5-8-4-1-2-6-9(8)10;1-5-4-6(2)8-7(5)3;;;/h2*1-7,11H;1,4H,2-3H3;2*1H;/q;;;;;+2/p-2. The largest absolute Gasteiger partial charge is 0.147 e. The van der Waals surface area contributed by atoms with Crippen molar-refractivity contribution in [1.82, 2.24) is 0 Å². The molecular weight excluding hydrogens is 491 g/mol. The van der Waals surface area contributed by atoms with Gasteiger partial charge in [0.15, 0.2) is 0 Å². The van der Waals surface area contributed by atoms with Crippen LogP contribution >= 0.6 is 24.8 Å². The minimum atomic E-state index is -2.67. The molecule has 0 N–H and O–H groups in total. The maximum Gasteiger partial charge on any atom is -0.147 e. The van der Waals surface area contributed by atoms with E-state index in [9.17, 15) is 0 Å². The van der Waals surface area contributed by atoms with Crippen molar-refractivity contribution in [3.8, 4) is 11.5 Å². The Hall–Kier alpha value is -2.56. The van der Waals surface area contributed by atoms with Crippen LogP contribution in [0.4, 0.5) is 0 Å². The Labute approximate surface area is 212 Å². The summed E-state index contributed by atoms with van der Waals surface area (Å²) in [7, 11) is 0. The number of hydrogen-bond acceptors (Lipinski definition) is 3. The average Bonchev–Trinajstić information content (AvgIpc) is 3.10. The molecule has 0 unspecified atom stereocenters. The maximum absolute atomic E-state index is 6.60. The van der Waals surface area contributed by atoms with Crippen LogP contribution in [0.2, 0.25) is 0 Å². The third kappa shape index (κ3) is 5.51. The predicted octanol–water partition coefficient (Wildman–Crippen LogP) is 7.80. The van der Waals surface area contributed by atoms with E-state index in [4.69, 9.17) is 11.1 Å². The second-order valence-corrected chi connectivity index (χ2v) is 9.58. The van der Waals surface area contributed by atoms with E-state index in [1.807, 2.05) is 68.4 Å². The Bertz CT molecular complexity index is 1330. The fourth-order valence-corrected chi connectivity index (χ4v) is 6.11. The van der Waals surface area contributed by atoms with Crippen molar-refractivity contribution in [3.63, 3.8) is 0 Å². The summed E-state index contributed by atoms with van der Waals surface area (Å²) in [5.74, 6) is 3.46. The van der Waals surface area contributed by atoms with Crippen molar-refractivity contribution in [1.29, 1.82) is 0 Å². The molecule has 0 amide bonds. The van der Waals surface area contributed by atoms with E-state index in [1.54, 1.807) is 0 Å². The topological polar surface area (TPSA) is 31.6 Å². The fourth-order valence-electron chi connectivity index (χ4n) is 3.79. The van der Waals surface area contributed by atoms with Crippen LogP contribution < -0.4 is 6.64 Å². The van der Waals surface area contributed by atoms with Crippen molar-refractivity contribution in [2.24, 2.45) is 0 Å². The van der Waals surface area contributed by atoms with E-state index >= 15 is 0 Å². The van der Waals surface area contributed by atoms with Crippen molar-refractivity contribution < 1.29 is 29.2 Å². The second kappa shape index (κ2) is 11.0. The third-order valence-electron chi connectivity index (χ3n) is 5.27. The van der Waals surface area contributed by atoms with Crippen LogP contribution in [0.3, 0.4) is 0 Å². The number of aryl methyl sites for hydroxylation is 2. The van der Waals surface area contributed by atoms with Gasteiger partial charge in [-0.25, -0.2) is 0 Å². The van der Waals surface area contributed by atoms with Gasteiger partial charge in [-0.2, -0.15) is 0 Å². The Morgan fingerprint density at radius 1 is 0.667 bits per heavy atom. The molecule has 0 radical (unpaired) electrons. The van der Waals surface area contributed by atoms with Crippen molar-refractivity contribution in [2.75, 3.05) is 0 Å². The molecule has 4 aromatic carbocycles. The first-order chi connectivity index (χ1) is 15.2. The molecule has 5 aromatic rings. The monoisotopic (exact) mass is 514 g/mol. The number of benzene rings is 4. The Balaban J connectivity index is 0.00000153. The van der Waals surface area contributed by atoms with E-state index in [0.717, 1.165) is 50.1 Å². The quantitative estimate of drug-likeness (QED) is 0.224. The first kappa shape index (κ1) is 25.1. The smallest absolute Gasteiger partial charge is 0.147 e. The number of fused-ring (bicyclic) bond motifs is 2. The molecule has 6 heteroatoms. The molecule has 5 rings (SSSR count). The van der Waals surface area contributed by atoms with E-state index in [-0.39, 0.29) is 24.8 Å². The summed E-state index contributed by atoms with van der Waals surface area (Å²) < 4.78 is 21.1. The maximum atomic E-state index is 6.60. The van der Waals surface area contributed by atoms with Gasteiger partial charge < -0.3 is 0 Å². The number of rotatable bonds is 5. The zero-order chi connectivity index (χ0) is 21.2. The number of hydrogen-bond donors (Lipinski definition) is 0. The van der Waals surface area contributed by atoms with Crippen molar-refractivity contribution in [2.45, 2.75) is 13.8 Å². The van der Waals surface area contributed by atoms with Gasteiger partial charge in [-0.3, -0.25) is 0 Å². The molecule has 0 aliphatic heterocycles. The molecule has 0 aliphatic carbocycles. The summed E-state index contributed by atoms with van der Waals surface area (Å²) in [6, 6.07) is 30.9. The van der Waals surface area contributed by atoms with Gasteiger partial charge in [-0.1, -0.05) is 0 Å². The Morgan fingerprint density at radius 3 is 1.64 bits per heavy atom. The minimum absolute atomic E-state index is 0. The molecule has 0 saturated heterocycles. The first-order valence-electron chi connectivity index (χ1n) is 10.3. The van der Waals surface area contributed by atoms with Gasteiger partial charge in [0, 0.05) is 0 Å². The molecule has 0 saturated carbocycles. The molecule has 168 valence electrons. The molecule has 1 aromatic heterocycles.